The molecule has 0 aliphatic carbocycles. The van der Waals surface area contributed by atoms with E-state index in [-0.39, 0.29) is 10.6 Å². The van der Waals surface area contributed by atoms with Gasteiger partial charge in [-0.2, -0.15) is 5.10 Å². The maximum absolute atomic E-state index is 13.3. The van der Waals surface area contributed by atoms with Crippen LogP contribution >= 0.6 is 23.2 Å². The second-order valence-corrected chi connectivity index (χ2v) is 9.78. The van der Waals surface area contributed by atoms with E-state index in [2.05, 4.69) is 10.5 Å². The molecule has 1 N–H and O–H groups in total. The number of rotatable bonds is 7. The number of benzene rings is 3. The van der Waals surface area contributed by atoms with Crippen molar-refractivity contribution in [3.05, 3.63) is 94.0 Å². The van der Waals surface area contributed by atoms with Crippen LogP contribution < -0.4 is 9.73 Å². The van der Waals surface area contributed by atoms with Crippen molar-refractivity contribution in [1.29, 1.82) is 0 Å². The van der Waals surface area contributed by atoms with Gasteiger partial charge < -0.3 is 0 Å². The van der Waals surface area contributed by atoms with Crippen LogP contribution in [0.3, 0.4) is 0 Å². The zero-order valence-corrected chi connectivity index (χ0v) is 19.7. The number of halogens is 2. The number of nitrogens with one attached hydrogen (secondary N) is 1. The van der Waals surface area contributed by atoms with Crippen LogP contribution in [0.2, 0.25) is 10.0 Å². The lowest BCUT2D eigenvalue weighted by molar-refractivity contribution is -0.119. The molecule has 0 atom stereocenters. The van der Waals surface area contributed by atoms with Gasteiger partial charge in [-0.05, 0) is 61.9 Å². The van der Waals surface area contributed by atoms with Gasteiger partial charge in [-0.25, -0.2) is 13.8 Å². The first-order chi connectivity index (χ1) is 15.2. The number of hydrogen-bond acceptors (Lipinski definition) is 4. The summed E-state index contributed by atoms with van der Waals surface area (Å²) in [4.78, 5) is 12.6. The van der Waals surface area contributed by atoms with E-state index in [0.29, 0.717) is 15.8 Å². The van der Waals surface area contributed by atoms with Gasteiger partial charge >= 0.3 is 0 Å². The third-order valence-corrected chi connectivity index (χ3v) is 6.88. The fourth-order valence-corrected chi connectivity index (χ4v) is 4.57. The summed E-state index contributed by atoms with van der Waals surface area (Å²) in [5.41, 5.74) is 5.23. The Morgan fingerprint density at radius 3 is 2.25 bits per heavy atom. The first-order valence-corrected chi connectivity index (χ1v) is 11.8. The van der Waals surface area contributed by atoms with Gasteiger partial charge in [0.1, 0.15) is 6.54 Å². The summed E-state index contributed by atoms with van der Waals surface area (Å²) in [5, 5.41) is 4.85. The number of hydrogen-bond donors (Lipinski definition) is 1. The molecule has 166 valence electrons. The van der Waals surface area contributed by atoms with Gasteiger partial charge in [0.2, 0.25) is 0 Å². The lowest BCUT2D eigenvalue weighted by atomic mass is 10.1. The van der Waals surface area contributed by atoms with E-state index in [1.807, 2.05) is 31.2 Å². The number of anilines is 1. The average molecular weight is 490 g/mol. The monoisotopic (exact) mass is 489 g/mol. The molecular formula is C23H21Cl2N3O3S. The third-order valence-electron chi connectivity index (χ3n) is 4.60. The number of amides is 1. The van der Waals surface area contributed by atoms with Gasteiger partial charge in [0.25, 0.3) is 15.9 Å². The number of aryl methyl sites for hydroxylation is 1. The van der Waals surface area contributed by atoms with Crippen LogP contribution in [0.25, 0.3) is 0 Å². The highest BCUT2D eigenvalue weighted by Gasteiger charge is 2.27. The standard InChI is InChI=1S/C23H21Cl2N3O3S/c1-16-6-8-18(9-7-16)17(2)26-27-23(29)15-28(21-5-3-4-20(25)14-21)32(30,31)22-12-10-19(24)11-13-22/h3-14H,15H2,1-2H3,(H,27,29)/b26-17-. The minimum atomic E-state index is -4.07. The van der Waals surface area contributed by atoms with Crippen molar-refractivity contribution >= 4 is 50.5 Å². The van der Waals surface area contributed by atoms with Crippen LogP contribution in [0, 0.1) is 6.92 Å². The van der Waals surface area contributed by atoms with Gasteiger partial charge in [-0.1, -0.05) is 59.1 Å². The molecule has 3 aromatic carbocycles. The molecule has 0 fully saturated rings. The fourth-order valence-electron chi connectivity index (χ4n) is 2.85. The molecule has 0 bridgehead atoms. The maximum Gasteiger partial charge on any atom is 0.264 e. The molecule has 0 aliphatic rings. The molecule has 0 radical (unpaired) electrons. The Morgan fingerprint density at radius 1 is 0.969 bits per heavy atom. The molecule has 0 spiro atoms. The van der Waals surface area contributed by atoms with Crippen molar-refractivity contribution in [2.75, 3.05) is 10.8 Å². The zero-order chi connectivity index (χ0) is 23.3. The van der Waals surface area contributed by atoms with Gasteiger partial charge in [0, 0.05) is 10.0 Å². The fraction of sp³-hybridized carbons (Fsp3) is 0.130. The van der Waals surface area contributed by atoms with Crippen LogP contribution in [0.4, 0.5) is 5.69 Å². The minimum absolute atomic E-state index is 0.00554. The maximum atomic E-state index is 13.3. The topological polar surface area (TPSA) is 78.8 Å². The number of nitrogens with zero attached hydrogens (tertiary/aromatic N) is 2. The number of sulfonamides is 1. The van der Waals surface area contributed by atoms with Crippen LogP contribution in [-0.4, -0.2) is 26.6 Å². The quantitative estimate of drug-likeness (QED) is 0.373. The Labute approximate surface area is 197 Å². The summed E-state index contributed by atoms with van der Waals surface area (Å²) in [6, 6.07) is 19.6. The first-order valence-electron chi connectivity index (χ1n) is 9.61. The normalized spacial score (nSPS) is 11.8. The van der Waals surface area contributed by atoms with Crippen LogP contribution in [0.5, 0.6) is 0 Å². The molecule has 0 saturated heterocycles. The summed E-state index contributed by atoms with van der Waals surface area (Å²) in [6.45, 7) is 3.24. The first kappa shape index (κ1) is 23.8. The number of carbonyl (C=O) groups excluding carboxylic acids is 1. The van der Waals surface area contributed by atoms with Gasteiger partial charge in [0.05, 0.1) is 16.3 Å². The largest absolute Gasteiger partial charge is 0.271 e. The Balaban J connectivity index is 1.87. The molecule has 0 unspecified atom stereocenters. The summed E-state index contributed by atoms with van der Waals surface area (Å²) >= 11 is 12.0. The molecule has 1 amide bonds. The van der Waals surface area contributed by atoms with Crippen LogP contribution in [-0.2, 0) is 14.8 Å². The van der Waals surface area contributed by atoms with Crippen molar-refractivity contribution in [3.63, 3.8) is 0 Å². The van der Waals surface area contributed by atoms with E-state index in [0.717, 1.165) is 15.4 Å². The number of hydrazone groups is 1. The van der Waals surface area contributed by atoms with E-state index in [9.17, 15) is 13.2 Å². The molecule has 0 aromatic heterocycles. The highest BCUT2D eigenvalue weighted by atomic mass is 35.5. The molecule has 0 heterocycles. The van der Waals surface area contributed by atoms with Crippen LogP contribution in [0.1, 0.15) is 18.1 Å². The SMILES string of the molecule is C/C(=N/NC(=O)CN(c1cccc(Cl)c1)S(=O)(=O)c1ccc(Cl)cc1)c1ccc(C)cc1. The smallest absolute Gasteiger partial charge is 0.264 e. The Morgan fingerprint density at radius 2 is 1.62 bits per heavy atom. The highest BCUT2D eigenvalue weighted by Crippen LogP contribution is 2.26. The summed E-state index contributed by atoms with van der Waals surface area (Å²) in [6.07, 6.45) is 0. The summed E-state index contributed by atoms with van der Waals surface area (Å²) in [5.74, 6) is -0.603. The number of carbonyl (C=O) groups is 1. The molecule has 32 heavy (non-hydrogen) atoms. The van der Waals surface area contributed by atoms with Crippen molar-refractivity contribution in [2.45, 2.75) is 18.7 Å². The molecule has 6 nitrogen and oxygen atoms in total. The van der Waals surface area contributed by atoms with Crippen molar-refractivity contribution < 1.29 is 13.2 Å². The van der Waals surface area contributed by atoms with E-state index >= 15 is 0 Å². The second kappa shape index (κ2) is 10.2. The van der Waals surface area contributed by atoms with Crippen LogP contribution in [0.15, 0.2) is 82.8 Å². The molecule has 9 heteroatoms. The van der Waals surface area contributed by atoms with Crippen molar-refractivity contribution in [1.82, 2.24) is 5.43 Å². The van der Waals surface area contributed by atoms with Crippen molar-refractivity contribution in [2.24, 2.45) is 5.10 Å². The average Bonchev–Trinajstić information content (AvgIpc) is 2.76. The second-order valence-electron chi connectivity index (χ2n) is 7.04. The van der Waals surface area contributed by atoms with Gasteiger partial charge in [0.15, 0.2) is 0 Å². The molecule has 3 rings (SSSR count). The summed E-state index contributed by atoms with van der Waals surface area (Å²) < 4.78 is 27.6. The van der Waals surface area contributed by atoms with E-state index in [1.54, 1.807) is 25.1 Å². The molecule has 0 aliphatic heterocycles. The van der Waals surface area contributed by atoms with Gasteiger partial charge in [-0.3, -0.25) is 9.10 Å². The van der Waals surface area contributed by atoms with E-state index in [1.165, 1.54) is 30.3 Å². The predicted molar refractivity (Wildman–Crippen MR) is 129 cm³/mol. The lowest BCUT2D eigenvalue weighted by Gasteiger charge is -2.24. The Hall–Kier alpha value is -2.87. The Bertz CT molecular complexity index is 1240. The lowest BCUT2D eigenvalue weighted by Crippen LogP contribution is -2.39. The van der Waals surface area contributed by atoms with Crippen molar-refractivity contribution in [3.8, 4) is 0 Å². The van der Waals surface area contributed by atoms with E-state index < -0.39 is 22.5 Å². The predicted octanol–water partition coefficient (Wildman–Crippen LogP) is 5.04. The third kappa shape index (κ3) is 5.88. The highest BCUT2D eigenvalue weighted by molar-refractivity contribution is 7.92. The minimum Gasteiger partial charge on any atom is -0.271 e. The molecule has 0 saturated carbocycles. The Kier molecular flexibility index (Phi) is 7.56. The summed E-state index contributed by atoms with van der Waals surface area (Å²) in [7, 11) is -4.07. The van der Waals surface area contributed by atoms with E-state index in [4.69, 9.17) is 23.2 Å². The molecular weight excluding hydrogens is 469 g/mol. The zero-order valence-electron chi connectivity index (χ0n) is 17.4. The molecule has 3 aromatic rings. The van der Waals surface area contributed by atoms with Gasteiger partial charge in [-0.15, -0.1) is 0 Å².